The predicted octanol–water partition coefficient (Wildman–Crippen LogP) is 4.88. The first-order valence-corrected chi connectivity index (χ1v) is 7.37. The van der Waals surface area contributed by atoms with Gasteiger partial charge in [-0.15, -0.1) is 6.58 Å². The molecular formula is C20H19O. The Kier molecular flexibility index (Phi) is 3.66. The zero-order valence-electron chi connectivity index (χ0n) is 12.0. The highest BCUT2D eigenvalue weighted by atomic mass is 16.3. The number of allylic oxidation sites excluding steroid dienone is 2. The molecule has 3 rings (SSSR count). The summed E-state index contributed by atoms with van der Waals surface area (Å²) >= 11 is 0. The van der Waals surface area contributed by atoms with Crippen LogP contribution in [0.1, 0.15) is 24.0 Å². The molecule has 2 aromatic carbocycles. The van der Waals surface area contributed by atoms with Crippen LogP contribution < -0.4 is 0 Å². The van der Waals surface area contributed by atoms with Crippen LogP contribution in [0.3, 0.4) is 0 Å². The van der Waals surface area contributed by atoms with Crippen molar-refractivity contribution in [1.29, 1.82) is 0 Å². The average Bonchev–Trinajstić information content (AvgIpc) is 3.24. The molecule has 1 fully saturated rings. The van der Waals surface area contributed by atoms with Crippen LogP contribution in [0.15, 0.2) is 85.2 Å². The van der Waals surface area contributed by atoms with Crippen LogP contribution in [0.25, 0.3) is 0 Å². The van der Waals surface area contributed by atoms with Crippen LogP contribution in [0, 0.1) is 5.92 Å². The highest BCUT2D eigenvalue weighted by Gasteiger charge is 2.55. The third kappa shape index (κ3) is 2.52. The molecule has 0 aromatic heterocycles. The Labute approximate surface area is 126 Å². The summed E-state index contributed by atoms with van der Waals surface area (Å²) in [7, 11) is 0. The molecule has 1 saturated carbocycles. The van der Waals surface area contributed by atoms with E-state index in [1.807, 2.05) is 18.2 Å². The van der Waals surface area contributed by atoms with Gasteiger partial charge in [-0.25, -0.2) is 0 Å². The van der Waals surface area contributed by atoms with E-state index >= 15 is 0 Å². The van der Waals surface area contributed by atoms with Crippen LogP contribution in [0.2, 0.25) is 0 Å². The normalized spacial score (nSPS) is 20.0. The van der Waals surface area contributed by atoms with E-state index in [1.165, 1.54) is 11.1 Å². The van der Waals surface area contributed by atoms with Crippen molar-refractivity contribution in [3.05, 3.63) is 96.3 Å². The second-order valence-corrected chi connectivity index (χ2v) is 5.64. The van der Waals surface area contributed by atoms with Crippen molar-refractivity contribution in [2.75, 3.05) is 0 Å². The first kappa shape index (κ1) is 13.7. The van der Waals surface area contributed by atoms with E-state index in [2.05, 4.69) is 55.1 Å². The smallest absolute Gasteiger partial charge is 0.155 e. The molecule has 1 unspecified atom stereocenters. The van der Waals surface area contributed by atoms with Crippen molar-refractivity contribution < 1.29 is 5.11 Å². The van der Waals surface area contributed by atoms with Crippen LogP contribution in [-0.4, -0.2) is 0 Å². The van der Waals surface area contributed by atoms with E-state index in [0.29, 0.717) is 6.42 Å². The van der Waals surface area contributed by atoms with E-state index in [-0.39, 0.29) is 17.1 Å². The van der Waals surface area contributed by atoms with Crippen LogP contribution in [-0.2, 0) is 10.5 Å². The molecule has 0 amide bonds. The molecule has 2 aromatic rings. The molecular weight excluding hydrogens is 256 g/mol. The summed E-state index contributed by atoms with van der Waals surface area (Å²) in [6, 6.07) is 21.0. The van der Waals surface area contributed by atoms with E-state index in [1.54, 1.807) is 6.08 Å². The van der Waals surface area contributed by atoms with Gasteiger partial charge in [-0.1, -0.05) is 66.7 Å². The number of hydrogen-bond donors (Lipinski definition) is 0. The molecule has 0 N–H and O–H groups in total. The van der Waals surface area contributed by atoms with E-state index in [4.69, 9.17) is 0 Å². The zero-order valence-corrected chi connectivity index (χ0v) is 12.0. The Morgan fingerprint density at radius 3 is 2.05 bits per heavy atom. The van der Waals surface area contributed by atoms with Gasteiger partial charge in [0.1, 0.15) is 0 Å². The maximum absolute atomic E-state index is 11.9. The molecule has 1 atom stereocenters. The van der Waals surface area contributed by atoms with Gasteiger partial charge >= 0.3 is 0 Å². The monoisotopic (exact) mass is 275 g/mol. The minimum Gasteiger partial charge on any atom is -0.295 e. The van der Waals surface area contributed by atoms with Crippen LogP contribution in [0.4, 0.5) is 0 Å². The Hall–Kier alpha value is -2.28. The summed E-state index contributed by atoms with van der Waals surface area (Å²) in [6.45, 7) is 3.64. The first-order valence-electron chi connectivity index (χ1n) is 7.37. The minimum absolute atomic E-state index is 0.0284. The van der Waals surface area contributed by atoms with Crippen LogP contribution in [0.5, 0.6) is 0 Å². The van der Waals surface area contributed by atoms with Gasteiger partial charge in [0.15, 0.2) is 5.76 Å². The maximum Gasteiger partial charge on any atom is 0.155 e. The van der Waals surface area contributed by atoms with Gasteiger partial charge in [0.05, 0.1) is 0 Å². The molecule has 1 nitrogen and oxygen atoms in total. The SMILES string of the molecule is C=CCC([O])=CC1CC1(c1ccccc1)c1ccccc1. The Morgan fingerprint density at radius 2 is 1.57 bits per heavy atom. The van der Waals surface area contributed by atoms with Crippen molar-refractivity contribution in [3.8, 4) is 0 Å². The average molecular weight is 275 g/mol. The van der Waals surface area contributed by atoms with Crippen LogP contribution >= 0.6 is 0 Å². The quantitative estimate of drug-likeness (QED) is 0.547. The van der Waals surface area contributed by atoms with Crippen molar-refractivity contribution in [1.82, 2.24) is 0 Å². The standard InChI is InChI=1S/C20H19O/c1-2-9-19(21)14-18-15-20(18,16-10-5-3-6-11-16)17-12-7-4-8-13-17/h2-8,10-14,18H,1,9,15H2. The Bertz CT molecular complexity index is 601. The molecule has 105 valence electrons. The van der Waals surface area contributed by atoms with Gasteiger partial charge in [0.25, 0.3) is 0 Å². The number of rotatable bonds is 5. The lowest BCUT2D eigenvalue weighted by Crippen LogP contribution is -2.11. The fourth-order valence-electron chi connectivity index (χ4n) is 3.23. The number of benzene rings is 2. The fraction of sp³-hybridized carbons (Fsp3) is 0.200. The topological polar surface area (TPSA) is 19.9 Å². The molecule has 1 heteroatoms. The van der Waals surface area contributed by atoms with Gasteiger partial charge in [0, 0.05) is 11.8 Å². The predicted molar refractivity (Wildman–Crippen MR) is 85.4 cm³/mol. The highest BCUT2D eigenvalue weighted by molar-refractivity contribution is 5.49. The van der Waals surface area contributed by atoms with Crippen molar-refractivity contribution in [2.24, 2.45) is 5.92 Å². The first-order chi connectivity index (χ1) is 10.3. The second-order valence-electron chi connectivity index (χ2n) is 5.64. The molecule has 1 aliphatic rings. The summed E-state index contributed by atoms with van der Waals surface area (Å²) in [5.74, 6) is 0.457. The van der Waals surface area contributed by atoms with E-state index in [0.717, 1.165) is 6.42 Å². The summed E-state index contributed by atoms with van der Waals surface area (Å²) in [6.07, 6.45) is 5.00. The summed E-state index contributed by atoms with van der Waals surface area (Å²) in [4.78, 5) is 0. The molecule has 0 spiro atoms. The maximum atomic E-state index is 11.9. The molecule has 1 aliphatic carbocycles. The molecule has 21 heavy (non-hydrogen) atoms. The molecule has 0 heterocycles. The largest absolute Gasteiger partial charge is 0.295 e. The Morgan fingerprint density at radius 1 is 1.05 bits per heavy atom. The third-order valence-corrected chi connectivity index (χ3v) is 4.33. The minimum atomic E-state index is -0.0284. The van der Waals surface area contributed by atoms with Gasteiger partial charge < -0.3 is 0 Å². The van der Waals surface area contributed by atoms with Gasteiger partial charge in [0.2, 0.25) is 0 Å². The van der Waals surface area contributed by atoms with E-state index < -0.39 is 0 Å². The van der Waals surface area contributed by atoms with Crippen molar-refractivity contribution in [2.45, 2.75) is 18.3 Å². The Balaban J connectivity index is 2.00. The highest BCUT2D eigenvalue weighted by Crippen LogP contribution is 2.59. The van der Waals surface area contributed by atoms with Gasteiger partial charge in [-0.3, -0.25) is 5.11 Å². The molecule has 0 saturated heterocycles. The molecule has 1 radical (unpaired) electrons. The summed E-state index contributed by atoms with van der Waals surface area (Å²) in [5, 5.41) is 11.9. The molecule has 0 bridgehead atoms. The fourth-order valence-corrected chi connectivity index (χ4v) is 3.23. The van der Waals surface area contributed by atoms with Crippen molar-refractivity contribution in [3.63, 3.8) is 0 Å². The summed E-state index contributed by atoms with van der Waals surface area (Å²) < 4.78 is 0. The lowest BCUT2D eigenvalue weighted by Gasteiger charge is -2.18. The van der Waals surface area contributed by atoms with E-state index in [9.17, 15) is 5.11 Å². The van der Waals surface area contributed by atoms with Gasteiger partial charge in [-0.05, 0) is 29.5 Å². The zero-order chi connectivity index (χ0) is 14.7. The summed E-state index contributed by atoms with van der Waals surface area (Å²) in [5.41, 5.74) is 2.56. The molecule has 0 aliphatic heterocycles. The van der Waals surface area contributed by atoms with Gasteiger partial charge in [-0.2, -0.15) is 0 Å². The second kappa shape index (κ2) is 5.61. The third-order valence-electron chi connectivity index (χ3n) is 4.33. The lowest BCUT2D eigenvalue weighted by atomic mass is 9.85. The number of hydrogen-bond acceptors (Lipinski definition) is 0. The van der Waals surface area contributed by atoms with Crippen molar-refractivity contribution >= 4 is 0 Å². The lowest BCUT2D eigenvalue weighted by molar-refractivity contribution is 0.287.